The number of hydrogen-bond donors (Lipinski definition) is 5. The van der Waals surface area contributed by atoms with Crippen molar-refractivity contribution < 1.29 is 28.7 Å². The van der Waals surface area contributed by atoms with Gasteiger partial charge in [-0.3, -0.25) is 19.7 Å². The number of likely N-dealkylation sites (tertiary alicyclic amines) is 1. The summed E-state index contributed by atoms with van der Waals surface area (Å²) in [7, 11) is -0.415. The third-order valence-electron chi connectivity index (χ3n) is 13.4. The number of nitrogens with one attached hydrogen (secondary N) is 4. The molecule has 1 saturated heterocycles. The summed E-state index contributed by atoms with van der Waals surface area (Å²) in [5, 5.41) is 20.9. The van der Waals surface area contributed by atoms with E-state index in [2.05, 4.69) is 65.8 Å². The lowest BCUT2D eigenvalue weighted by Crippen LogP contribution is -2.43. The van der Waals surface area contributed by atoms with Gasteiger partial charge in [-0.1, -0.05) is 81.4 Å². The molecule has 1 aromatic heterocycles. The Labute approximate surface area is 396 Å². The van der Waals surface area contributed by atoms with E-state index in [-0.39, 0.29) is 40.4 Å². The highest BCUT2D eigenvalue weighted by Crippen LogP contribution is 2.41. The quantitative estimate of drug-likeness (QED) is 0.0400. The molecule has 13 nitrogen and oxygen atoms in total. The van der Waals surface area contributed by atoms with E-state index >= 15 is 0 Å². The van der Waals surface area contributed by atoms with E-state index < -0.39 is 14.4 Å². The number of hydrogen-bond acceptors (Lipinski definition) is 9. The van der Waals surface area contributed by atoms with Crippen LogP contribution in [-0.4, -0.2) is 92.0 Å². The van der Waals surface area contributed by atoms with Crippen molar-refractivity contribution in [3.63, 3.8) is 0 Å². The lowest BCUT2D eigenvalue weighted by molar-refractivity contribution is -0.130. The third-order valence-corrected chi connectivity index (χ3v) is 17.9. The number of carbonyl (C=O) groups is 3. The maximum absolute atomic E-state index is 13.1. The zero-order chi connectivity index (χ0) is 48.3. The highest BCUT2D eigenvalue weighted by molar-refractivity contribution is 6.74. The molecule has 6 rings (SSSR count). The van der Waals surface area contributed by atoms with Gasteiger partial charge in [-0.15, -0.1) is 0 Å². The SMILES string of the molecule is Cc1cc(NC(=O)CCCCN(C)C(=O)CCN2CCC(OC(=O)Nc3ccccc3-c3ccccc3)CC2)c(C)cc1CNC[C@@H](O[Si](C)(C)C(C)(C)C)c1ccc(O)c2[nH]c(=O)ccc12. The van der Waals surface area contributed by atoms with E-state index in [1.54, 1.807) is 17.0 Å². The first-order chi connectivity index (χ1) is 31.9. The number of aromatic nitrogens is 1. The van der Waals surface area contributed by atoms with Crippen LogP contribution >= 0.6 is 0 Å². The summed E-state index contributed by atoms with van der Waals surface area (Å²) in [6, 6.07) is 28.4. The van der Waals surface area contributed by atoms with Crippen LogP contribution < -0.4 is 21.5 Å². The fourth-order valence-electron chi connectivity index (χ4n) is 8.25. The minimum Gasteiger partial charge on any atom is -0.506 e. The molecule has 1 aliphatic heterocycles. The Balaban J connectivity index is 0.897. The first kappa shape index (κ1) is 50.6. The number of aromatic hydroxyl groups is 1. The fraction of sp³-hybridized carbons (Fsp3) is 0.434. The number of carbonyl (C=O) groups excluding carboxylic acids is 3. The number of H-pyrrole nitrogens is 1. The number of fused-ring (bicyclic) bond motifs is 1. The molecule has 5 aromatic rings. The Bertz CT molecular complexity index is 2550. The van der Waals surface area contributed by atoms with E-state index in [9.17, 15) is 24.3 Å². The second-order valence-electron chi connectivity index (χ2n) is 19.4. The molecular formula is C53H70N6O7Si. The Morgan fingerprint density at radius 1 is 0.881 bits per heavy atom. The van der Waals surface area contributed by atoms with Crippen LogP contribution in [0.3, 0.4) is 0 Å². The maximum Gasteiger partial charge on any atom is 0.411 e. The van der Waals surface area contributed by atoms with E-state index in [0.29, 0.717) is 69.5 Å². The minimum atomic E-state index is -2.23. The van der Waals surface area contributed by atoms with Gasteiger partial charge in [0.2, 0.25) is 17.4 Å². The lowest BCUT2D eigenvalue weighted by Gasteiger charge is -2.39. The average Bonchev–Trinajstić information content (AvgIpc) is 3.29. The number of ether oxygens (including phenoxy) is 1. The van der Waals surface area contributed by atoms with Crippen molar-refractivity contribution in [3.8, 4) is 16.9 Å². The number of benzene rings is 4. The second-order valence-corrected chi connectivity index (χ2v) is 24.2. The molecule has 1 fully saturated rings. The van der Waals surface area contributed by atoms with Crippen molar-refractivity contribution in [1.82, 2.24) is 20.1 Å². The van der Waals surface area contributed by atoms with Crippen LogP contribution in [-0.2, 0) is 25.3 Å². The summed E-state index contributed by atoms with van der Waals surface area (Å²) < 4.78 is 12.8. The predicted molar refractivity (Wildman–Crippen MR) is 271 cm³/mol. The van der Waals surface area contributed by atoms with Crippen molar-refractivity contribution >= 4 is 48.5 Å². The van der Waals surface area contributed by atoms with Crippen molar-refractivity contribution in [2.45, 2.75) is 110 Å². The molecular weight excluding hydrogens is 861 g/mol. The summed E-state index contributed by atoms with van der Waals surface area (Å²) in [5.41, 5.74) is 7.57. The number of piperidine rings is 1. The Hall–Kier alpha value is -5.80. The number of unbranched alkanes of at least 4 members (excludes halogenated alkanes) is 1. The fourth-order valence-corrected chi connectivity index (χ4v) is 9.52. The molecule has 2 heterocycles. The van der Waals surface area contributed by atoms with Gasteiger partial charge in [0.15, 0.2) is 8.32 Å². The number of phenolic OH excluding ortho intramolecular Hbond substituents is 1. The average molecular weight is 931 g/mol. The zero-order valence-corrected chi connectivity index (χ0v) is 41.6. The predicted octanol–water partition coefficient (Wildman–Crippen LogP) is 10.0. The summed E-state index contributed by atoms with van der Waals surface area (Å²) in [6.07, 6.45) is 2.59. The smallest absolute Gasteiger partial charge is 0.411 e. The van der Waals surface area contributed by atoms with Crippen LogP contribution in [0, 0.1) is 13.8 Å². The number of nitrogens with zero attached hydrogens (tertiary/aromatic N) is 2. The van der Waals surface area contributed by atoms with Crippen LogP contribution in [0.15, 0.2) is 95.8 Å². The number of phenols is 1. The topological polar surface area (TPSA) is 165 Å². The number of aryl methyl sites for hydroxylation is 2. The van der Waals surface area contributed by atoms with E-state index in [1.807, 2.05) is 87.6 Å². The van der Waals surface area contributed by atoms with Gasteiger partial charge in [0.25, 0.3) is 0 Å². The summed E-state index contributed by atoms with van der Waals surface area (Å²) >= 11 is 0. The standard InChI is InChI=1S/C53H70N6O7Si/c1-36-33-45(37(2)32-39(36)34-54-35-47(66-67(7,8)53(3,4)5)42-21-23-46(60)51-43(42)22-24-49(62)57-51)55-48(61)20-14-15-28-58(6)50(63)27-31-59-29-25-40(26-30-59)65-52(64)56-44-19-13-12-18-41(44)38-16-10-9-11-17-38/h9-13,16-19,21-24,32-33,40,47,54,60H,14-15,20,25-31,34-35H2,1-8H3,(H,55,61)(H,56,64)(H,57,62)/t47-/m1/s1. The van der Waals surface area contributed by atoms with Crippen LogP contribution in [0.2, 0.25) is 18.1 Å². The van der Waals surface area contributed by atoms with Crippen molar-refractivity contribution in [3.05, 3.63) is 124 Å². The van der Waals surface area contributed by atoms with Gasteiger partial charge < -0.3 is 39.7 Å². The number of para-hydroxylation sites is 1. The largest absolute Gasteiger partial charge is 0.506 e. The molecule has 0 spiro atoms. The highest BCUT2D eigenvalue weighted by Gasteiger charge is 2.40. The molecule has 0 aliphatic carbocycles. The number of anilines is 2. The molecule has 3 amide bonds. The van der Waals surface area contributed by atoms with E-state index in [1.165, 1.54) is 6.07 Å². The molecule has 1 aliphatic rings. The normalized spacial score (nSPS) is 14.1. The van der Waals surface area contributed by atoms with Gasteiger partial charge in [0, 0.05) is 81.9 Å². The third kappa shape index (κ3) is 13.9. The van der Waals surface area contributed by atoms with E-state index in [0.717, 1.165) is 64.0 Å². The second kappa shape index (κ2) is 22.8. The molecule has 5 N–H and O–H groups in total. The first-order valence-electron chi connectivity index (χ1n) is 23.6. The lowest BCUT2D eigenvalue weighted by atomic mass is 10.0. The number of amides is 3. The van der Waals surface area contributed by atoms with Crippen LogP contribution in [0.4, 0.5) is 16.2 Å². The van der Waals surface area contributed by atoms with Gasteiger partial charge in [-0.05, 0) is 110 Å². The zero-order valence-electron chi connectivity index (χ0n) is 40.6. The van der Waals surface area contributed by atoms with Gasteiger partial charge >= 0.3 is 6.09 Å². The summed E-state index contributed by atoms with van der Waals surface area (Å²) in [6.45, 7) is 18.9. The molecule has 4 aromatic carbocycles. The summed E-state index contributed by atoms with van der Waals surface area (Å²) in [4.78, 5) is 57.8. The molecule has 67 heavy (non-hydrogen) atoms. The minimum absolute atomic E-state index is 0.0170. The first-order valence-corrected chi connectivity index (χ1v) is 26.5. The number of pyridine rings is 1. The highest BCUT2D eigenvalue weighted by atomic mass is 28.4. The molecule has 0 bridgehead atoms. The number of rotatable bonds is 19. The molecule has 0 unspecified atom stereocenters. The van der Waals surface area contributed by atoms with Crippen LogP contribution in [0.1, 0.15) is 87.7 Å². The molecule has 0 radical (unpaired) electrons. The Kier molecular flexibility index (Phi) is 17.2. The van der Waals surface area contributed by atoms with Crippen molar-refractivity contribution in [2.24, 2.45) is 0 Å². The maximum atomic E-state index is 13.1. The van der Waals surface area contributed by atoms with Gasteiger partial charge in [-0.25, -0.2) is 4.79 Å². The molecule has 358 valence electrons. The molecule has 14 heteroatoms. The molecule has 1 atom stereocenters. The Morgan fingerprint density at radius 2 is 1.60 bits per heavy atom. The number of aromatic amines is 1. The van der Waals surface area contributed by atoms with E-state index in [4.69, 9.17) is 9.16 Å². The Morgan fingerprint density at radius 3 is 2.33 bits per heavy atom. The van der Waals surface area contributed by atoms with Gasteiger partial charge in [0.05, 0.1) is 17.3 Å². The summed E-state index contributed by atoms with van der Waals surface area (Å²) in [5.74, 6) is 0.0331. The monoisotopic (exact) mass is 931 g/mol. The van der Waals surface area contributed by atoms with Crippen LogP contribution in [0.25, 0.3) is 22.0 Å². The van der Waals surface area contributed by atoms with Crippen molar-refractivity contribution in [1.29, 1.82) is 0 Å². The van der Waals surface area contributed by atoms with Gasteiger partial charge in [0.1, 0.15) is 11.9 Å². The molecule has 0 saturated carbocycles. The van der Waals surface area contributed by atoms with Crippen LogP contribution in [0.5, 0.6) is 5.75 Å². The van der Waals surface area contributed by atoms with Gasteiger partial charge in [-0.2, -0.15) is 0 Å². The van der Waals surface area contributed by atoms with Crippen molar-refractivity contribution in [2.75, 3.05) is 50.4 Å².